The van der Waals surface area contributed by atoms with Gasteiger partial charge in [0, 0.05) is 28.0 Å². The summed E-state index contributed by atoms with van der Waals surface area (Å²) in [6, 6.07) is 5.33. The SMILES string of the molecule is CNC(c1cc(F)ccc1C)C1SCCSC1C. The Morgan fingerprint density at radius 3 is 2.72 bits per heavy atom. The summed E-state index contributed by atoms with van der Waals surface area (Å²) in [5.74, 6) is 2.27. The third kappa shape index (κ3) is 3.03. The van der Waals surface area contributed by atoms with Crippen LogP contribution in [0.3, 0.4) is 0 Å². The average Bonchev–Trinajstić information content (AvgIpc) is 2.36. The van der Waals surface area contributed by atoms with E-state index in [1.165, 1.54) is 23.1 Å². The standard InChI is InChI=1S/C14H20FNS2/c1-9-4-5-11(15)8-12(9)13(16-3)14-10(2)17-6-7-18-14/h4-5,8,10,13-14,16H,6-7H2,1-3H3. The molecule has 18 heavy (non-hydrogen) atoms. The van der Waals surface area contributed by atoms with Crippen LogP contribution in [0, 0.1) is 12.7 Å². The maximum Gasteiger partial charge on any atom is 0.123 e. The van der Waals surface area contributed by atoms with Gasteiger partial charge in [-0.25, -0.2) is 4.39 Å². The molecule has 1 aromatic carbocycles. The van der Waals surface area contributed by atoms with Crippen molar-refractivity contribution in [3.05, 3.63) is 35.1 Å². The van der Waals surface area contributed by atoms with Crippen LogP contribution in [0.1, 0.15) is 24.1 Å². The van der Waals surface area contributed by atoms with Crippen molar-refractivity contribution >= 4 is 23.5 Å². The van der Waals surface area contributed by atoms with Crippen molar-refractivity contribution < 1.29 is 4.39 Å². The zero-order valence-corrected chi connectivity index (χ0v) is 12.7. The second-order valence-corrected chi connectivity index (χ2v) is 7.45. The Morgan fingerprint density at radius 1 is 1.33 bits per heavy atom. The van der Waals surface area contributed by atoms with E-state index < -0.39 is 0 Å². The van der Waals surface area contributed by atoms with Crippen molar-refractivity contribution in [2.75, 3.05) is 18.6 Å². The molecule has 0 aromatic heterocycles. The Labute approximate surface area is 117 Å². The number of nitrogens with one attached hydrogen (secondary N) is 1. The summed E-state index contributed by atoms with van der Waals surface area (Å²) in [5, 5.41) is 4.50. The summed E-state index contributed by atoms with van der Waals surface area (Å²) in [7, 11) is 1.97. The van der Waals surface area contributed by atoms with Gasteiger partial charge in [0.2, 0.25) is 0 Å². The zero-order chi connectivity index (χ0) is 13.1. The average molecular weight is 285 g/mol. The van der Waals surface area contributed by atoms with E-state index in [0.29, 0.717) is 10.5 Å². The van der Waals surface area contributed by atoms with Gasteiger partial charge in [-0.1, -0.05) is 13.0 Å². The summed E-state index contributed by atoms with van der Waals surface area (Å²) in [5.41, 5.74) is 2.27. The molecule has 1 fully saturated rings. The third-order valence-corrected chi connectivity index (χ3v) is 6.65. The summed E-state index contributed by atoms with van der Waals surface area (Å²) in [6.07, 6.45) is 0. The van der Waals surface area contributed by atoms with Crippen LogP contribution >= 0.6 is 23.5 Å². The van der Waals surface area contributed by atoms with E-state index >= 15 is 0 Å². The Bertz CT molecular complexity index is 411. The van der Waals surface area contributed by atoms with Crippen LogP contribution in [-0.4, -0.2) is 29.1 Å². The second-order valence-electron chi connectivity index (χ2n) is 4.68. The van der Waals surface area contributed by atoms with E-state index in [9.17, 15) is 4.39 Å². The van der Waals surface area contributed by atoms with Gasteiger partial charge in [0.1, 0.15) is 5.82 Å². The quantitative estimate of drug-likeness (QED) is 0.911. The molecule has 2 rings (SSSR count). The highest BCUT2D eigenvalue weighted by Crippen LogP contribution is 2.39. The molecule has 1 N–H and O–H groups in total. The van der Waals surface area contributed by atoms with Crippen LogP contribution in [0.4, 0.5) is 4.39 Å². The largest absolute Gasteiger partial charge is 0.312 e. The van der Waals surface area contributed by atoms with Crippen LogP contribution in [0.2, 0.25) is 0 Å². The number of benzene rings is 1. The normalized spacial score (nSPS) is 26.0. The zero-order valence-electron chi connectivity index (χ0n) is 11.1. The Morgan fingerprint density at radius 2 is 2.06 bits per heavy atom. The van der Waals surface area contributed by atoms with Crippen molar-refractivity contribution in [2.24, 2.45) is 0 Å². The predicted molar refractivity (Wildman–Crippen MR) is 81.1 cm³/mol. The van der Waals surface area contributed by atoms with Gasteiger partial charge < -0.3 is 5.32 Å². The molecule has 1 aromatic rings. The molecule has 3 unspecified atom stereocenters. The van der Waals surface area contributed by atoms with Gasteiger partial charge in [0.25, 0.3) is 0 Å². The van der Waals surface area contributed by atoms with Crippen LogP contribution < -0.4 is 5.32 Å². The van der Waals surface area contributed by atoms with Crippen molar-refractivity contribution in [1.29, 1.82) is 0 Å². The molecule has 0 spiro atoms. The fourth-order valence-corrected chi connectivity index (χ4v) is 5.44. The molecule has 100 valence electrons. The van der Waals surface area contributed by atoms with E-state index in [-0.39, 0.29) is 11.9 Å². The number of hydrogen-bond acceptors (Lipinski definition) is 3. The lowest BCUT2D eigenvalue weighted by molar-refractivity contribution is 0.549. The molecule has 3 atom stereocenters. The molecular formula is C14H20FNS2. The Hall–Kier alpha value is -0.190. The van der Waals surface area contributed by atoms with Crippen molar-refractivity contribution in [3.63, 3.8) is 0 Å². The van der Waals surface area contributed by atoms with Crippen molar-refractivity contribution in [3.8, 4) is 0 Å². The highest BCUT2D eigenvalue weighted by atomic mass is 32.2. The molecule has 0 amide bonds. The van der Waals surface area contributed by atoms with Gasteiger partial charge in [0.15, 0.2) is 0 Å². The maximum atomic E-state index is 13.5. The van der Waals surface area contributed by atoms with Gasteiger partial charge in [-0.2, -0.15) is 23.5 Å². The summed E-state index contributed by atoms with van der Waals surface area (Å²) in [6.45, 7) is 4.34. The Balaban J connectivity index is 2.29. The van der Waals surface area contributed by atoms with E-state index in [1.807, 2.05) is 36.6 Å². The van der Waals surface area contributed by atoms with E-state index in [4.69, 9.17) is 0 Å². The lowest BCUT2D eigenvalue weighted by Crippen LogP contribution is -2.36. The molecule has 1 saturated heterocycles. The molecule has 0 saturated carbocycles. The molecule has 4 heteroatoms. The highest BCUT2D eigenvalue weighted by molar-refractivity contribution is 8.07. The molecule has 1 aliphatic rings. The monoisotopic (exact) mass is 285 g/mol. The number of halogens is 1. The van der Waals surface area contributed by atoms with Gasteiger partial charge in [0.05, 0.1) is 0 Å². The first-order valence-electron chi connectivity index (χ1n) is 6.30. The van der Waals surface area contributed by atoms with Gasteiger partial charge in [-0.3, -0.25) is 0 Å². The smallest absolute Gasteiger partial charge is 0.123 e. The van der Waals surface area contributed by atoms with E-state index in [0.717, 1.165) is 5.56 Å². The number of rotatable bonds is 3. The summed E-state index contributed by atoms with van der Waals surface area (Å²) < 4.78 is 13.5. The van der Waals surface area contributed by atoms with Gasteiger partial charge >= 0.3 is 0 Å². The van der Waals surface area contributed by atoms with Crippen LogP contribution in [0.25, 0.3) is 0 Å². The Kier molecular flexibility index (Phi) is 4.98. The topological polar surface area (TPSA) is 12.0 Å². The molecule has 0 radical (unpaired) electrons. The first kappa shape index (κ1) is 14.2. The van der Waals surface area contributed by atoms with E-state index in [1.54, 1.807) is 6.07 Å². The van der Waals surface area contributed by atoms with Gasteiger partial charge in [-0.15, -0.1) is 0 Å². The molecule has 1 heterocycles. The highest BCUT2D eigenvalue weighted by Gasteiger charge is 2.31. The van der Waals surface area contributed by atoms with Crippen LogP contribution in [-0.2, 0) is 0 Å². The van der Waals surface area contributed by atoms with Crippen molar-refractivity contribution in [1.82, 2.24) is 5.32 Å². The molecule has 0 bridgehead atoms. The minimum atomic E-state index is -0.142. The molecular weight excluding hydrogens is 265 g/mol. The minimum Gasteiger partial charge on any atom is -0.312 e. The number of thioether (sulfide) groups is 2. The first-order chi connectivity index (χ1) is 8.63. The maximum absolute atomic E-state index is 13.5. The van der Waals surface area contributed by atoms with Gasteiger partial charge in [-0.05, 0) is 37.2 Å². The predicted octanol–water partition coefficient (Wildman–Crippen LogP) is 3.63. The fraction of sp³-hybridized carbons (Fsp3) is 0.571. The van der Waals surface area contributed by atoms with Crippen molar-refractivity contribution in [2.45, 2.75) is 30.4 Å². The van der Waals surface area contributed by atoms with Crippen LogP contribution in [0.5, 0.6) is 0 Å². The van der Waals surface area contributed by atoms with Crippen LogP contribution in [0.15, 0.2) is 18.2 Å². The third-order valence-electron chi connectivity index (χ3n) is 3.45. The minimum absolute atomic E-state index is 0.142. The lowest BCUT2D eigenvalue weighted by Gasteiger charge is -2.35. The molecule has 1 nitrogen and oxygen atoms in total. The lowest BCUT2D eigenvalue weighted by atomic mass is 9.97. The fourth-order valence-electron chi connectivity index (χ4n) is 2.46. The molecule has 1 aliphatic heterocycles. The second kappa shape index (κ2) is 6.31. The first-order valence-corrected chi connectivity index (χ1v) is 8.39. The number of aryl methyl sites for hydroxylation is 1. The summed E-state index contributed by atoms with van der Waals surface area (Å²) in [4.78, 5) is 0. The van der Waals surface area contributed by atoms with E-state index in [2.05, 4.69) is 19.2 Å². The summed E-state index contributed by atoms with van der Waals surface area (Å²) >= 11 is 4.03. The number of hydrogen-bond donors (Lipinski definition) is 1. The molecule has 0 aliphatic carbocycles.